The Hall–Kier alpha value is -4.54. The lowest BCUT2D eigenvalue weighted by atomic mass is 9.46. The molecule has 12 atom stereocenters. The number of anilines is 1. The normalized spacial score (nSPS) is 34.9. The molecular formula is C60H84N4O8. The summed E-state index contributed by atoms with van der Waals surface area (Å²) in [5.41, 5.74) is 0.710. The summed E-state index contributed by atoms with van der Waals surface area (Å²) in [6.45, 7) is 2.98. The van der Waals surface area contributed by atoms with Crippen molar-refractivity contribution in [2.24, 2.45) is 57.8 Å². The van der Waals surface area contributed by atoms with Gasteiger partial charge in [0.25, 0.3) is 0 Å². The van der Waals surface area contributed by atoms with Gasteiger partial charge in [-0.25, -0.2) is 0 Å². The molecule has 12 heteroatoms. The van der Waals surface area contributed by atoms with E-state index in [0.29, 0.717) is 73.1 Å². The number of guanidine groups is 1. The van der Waals surface area contributed by atoms with Crippen LogP contribution in [0.2, 0.25) is 0 Å². The van der Waals surface area contributed by atoms with Crippen molar-refractivity contribution >= 4 is 17.4 Å². The lowest BCUT2D eigenvalue weighted by Gasteiger charge is -2.58. The quantitative estimate of drug-likeness (QED) is 0.0392. The van der Waals surface area contributed by atoms with Crippen LogP contribution in [0, 0.1) is 64.7 Å². The minimum Gasteiger partial charge on any atom is -0.504 e. The fourth-order valence-electron chi connectivity index (χ4n) is 15.7. The predicted octanol–water partition coefficient (Wildman–Crippen LogP) is 10.1. The van der Waals surface area contributed by atoms with Crippen LogP contribution in [0.3, 0.4) is 0 Å². The lowest BCUT2D eigenvalue weighted by Crippen LogP contribution is -2.54. The molecule has 0 aromatic heterocycles. The summed E-state index contributed by atoms with van der Waals surface area (Å²) in [6.07, 6.45) is 27.1. The average molecular weight is 989 g/mol. The van der Waals surface area contributed by atoms with Crippen molar-refractivity contribution < 1.29 is 39.4 Å². The molecular weight excluding hydrogens is 905 g/mol. The van der Waals surface area contributed by atoms with Crippen LogP contribution in [0.15, 0.2) is 59.6 Å². The molecule has 72 heavy (non-hydrogen) atoms. The molecule has 9 rings (SSSR count). The van der Waals surface area contributed by atoms with Crippen molar-refractivity contribution in [3.8, 4) is 35.0 Å². The molecule has 7 aliphatic rings. The summed E-state index contributed by atoms with van der Waals surface area (Å²) in [5, 5.41) is 54.9. The van der Waals surface area contributed by atoms with Crippen LogP contribution in [0.4, 0.5) is 5.69 Å². The molecule has 6 aliphatic carbocycles. The Kier molecular flexibility index (Phi) is 16.7. The van der Waals surface area contributed by atoms with Gasteiger partial charge in [0.15, 0.2) is 35.1 Å². The number of hydrogen-bond acceptors (Lipinski definition) is 10. The monoisotopic (exact) mass is 989 g/mol. The number of nitrogens with one attached hydrogen (secondary N) is 3. The molecule has 0 radical (unpaired) electrons. The van der Waals surface area contributed by atoms with E-state index >= 15 is 4.79 Å². The maximum atomic E-state index is 15.7. The number of aliphatic imine (C=N–C) groups is 1. The SMILES string of the molecule is CC[C@@H]1C=C[C@H]2[C@H](C1)[C@H]1/C=C/C(=O)[C@@]3(Cc4ccc(O)c(OC)c4)CCC[C@H]3CC#CNC(=NC)Nc3cc(cc(O[C@]4(CNC)CC[C@@H](C[C@H](O)OC5CCCCC5)C4)c3O)[C@]13CCC[C@@H]3[C@H]2CCCO. The van der Waals surface area contributed by atoms with Crippen LogP contribution in [-0.2, 0) is 21.4 Å². The number of likely N-dealkylation sites (N-methyl/N-ethyl adjacent to an activating group) is 1. The highest BCUT2D eigenvalue weighted by atomic mass is 16.6. The van der Waals surface area contributed by atoms with E-state index in [1.165, 1.54) is 6.42 Å². The standard InChI is InChI=1S/C60H84N4O8/c1-5-39-19-21-45-46(17-12-30-65)48-18-10-27-60(48)43-34-50(56(69)53(35-43)72-58(38-61-2)28-25-41(36-58)33-55(68)71-44-15-7-6-8-16-44)64-57(62-3)63-29-11-14-42-13-9-26-59(42,54(67)24-22-49(60)47(45)31-39)37-40-20-23-51(66)52(32-40)70-4/h19-24,32,34-35,39,41-42,44-49,55,61,65-66,68-69H,5-10,12-18,25-28,30-31,33,36-38H2,1-4H3,(H2,62,63,64)/b24-22+/t39-,41+,42+,45-,46+,47+,48-,49-,55-,58-,59-,60+/m1/s1. The molecule has 5 saturated carbocycles. The van der Waals surface area contributed by atoms with E-state index in [-0.39, 0.29) is 59.6 Å². The van der Waals surface area contributed by atoms with Crippen LogP contribution in [0.25, 0.3) is 0 Å². The van der Waals surface area contributed by atoms with E-state index in [0.717, 1.165) is 114 Å². The van der Waals surface area contributed by atoms with Gasteiger partial charge in [-0.1, -0.05) is 69.2 Å². The Morgan fingerprint density at radius 2 is 1.81 bits per heavy atom. The smallest absolute Gasteiger partial charge is 0.207 e. The Morgan fingerprint density at radius 3 is 2.58 bits per heavy atom. The van der Waals surface area contributed by atoms with Crippen LogP contribution in [0.1, 0.15) is 146 Å². The highest BCUT2D eigenvalue weighted by molar-refractivity contribution is 5.97. The van der Waals surface area contributed by atoms with Gasteiger partial charge >= 0.3 is 0 Å². The zero-order valence-corrected chi connectivity index (χ0v) is 43.6. The van der Waals surface area contributed by atoms with Crippen molar-refractivity contribution in [3.63, 3.8) is 0 Å². The number of carbonyl (C=O) groups is 1. The van der Waals surface area contributed by atoms with Gasteiger partial charge in [-0.3, -0.25) is 15.1 Å². The fraction of sp³-hybridized carbons (Fsp3) is 0.667. The highest BCUT2D eigenvalue weighted by Crippen LogP contribution is 2.66. The van der Waals surface area contributed by atoms with E-state index < -0.39 is 22.7 Å². The van der Waals surface area contributed by atoms with E-state index in [4.69, 9.17) is 14.2 Å². The largest absolute Gasteiger partial charge is 0.504 e. The molecule has 1 heterocycles. The number of phenolic OH excluding ortho intramolecular Hbond substituents is 2. The second-order valence-corrected chi connectivity index (χ2v) is 23.0. The molecule has 2 aromatic rings. The first-order valence-electron chi connectivity index (χ1n) is 27.9. The Bertz CT molecular complexity index is 2370. The van der Waals surface area contributed by atoms with Gasteiger partial charge in [0, 0.05) is 49.9 Å². The van der Waals surface area contributed by atoms with Gasteiger partial charge in [-0.05, 0) is 186 Å². The Morgan fingerprint density at radius 1 is 0.972 bits per heavy atom. The van der Waals surface area contributed by atoms with Gasteiger partial charge < -0.3 is 45.3 Å². The predicted molar refractivity (Wildman–Crippen MR) is 283 cm³/mol. The third-order valence-electron chi connectivity index (χ3n) is 19.0. The number of fused-ring (bicyclic) bond motifs is 5. The number of aromatic hydroxyl groups is 2. The number of aliphatic hydroxyl groups excluding tert-OH is 2. The molecule has 1 spiro atoms. The van der Waals surface area contributed by atoms with Crippen molar-refractivity contribution in [2.45, 2.75) is 165 Å². The summed E-state index contributed by atoms with van der Waals surface area (Å²) in [6, 6.07) is 12.9. The van der Waals surface area contributed by atoms with E-state index in [1.807, 2.05) is 25.3 Å². The topological polar surface area (TPSA) is 174 Å². The Labute approximate surface area is 429 Å². The minimum absolute atomic E-state index is 0.00218. The third-order valence-corrected chi connectivity index (χ3v) is 19.0. The molecule has 392 valence electrons. The zero-order chi connectivity index (χ0) is 50.5. The summed E-state index contributed by atoms with van der Waals surface area (Å²) >= 11 is 0. The van der Waals surface area contributed by atoms with Crippen LogP contribution in [0.5, 0.6) is 23.0 Å². The molecule has 0 unspecified atom stereocenters. The first-order valence-corrected chi connectivity index (χ1v) is 27.9. The second kappa shape index (κ2) is 22.9. The maximum absolute atomic E-state index is 15.7. The fourth-order valence-corrected chi connectivity index (χ4v) is 15.7. The van der Waals surface area contributed by atoms with Gasteiger partial charge in [-0.2, -0.15) is 0 Å². The maximum Gasteiger partial charge on any atom is 0.207 e. The summed E-state index contributed by atoms with van der Waals surface area (Å²) < 4.78 is 19.1. The number of benzene rings is 2. The number of phenols is 2. The number of hydrogen-bond donors (Lipinski definition) is 7. The van der Waals surface area contributed by atoms with E-state index in [9.17, 15) is 20.4 Å². The molecule has 7 N–H and O–H groups in total. The number of rotatable bonds is 15. The van der Waals surface area contributed by atoms with Crippen molar-refractivity contribution in [3.05, 3.63) is 65.8 Å². The molecule has 2 bridgehead atoms. The molecule has 12 nitrogen and oxygen atoms in total. The number of aliphatic hydroxyl groups is 2. The van der Waals surface area contributed by atoms with Gasteiger partial charge in [-0.15, -0.1) is 0 Å². The minimum atomic E-state index is -0.824. The molecule has 2 aromatic carbocycles. The molecule has 0 saturated heterocycles. The highest BCUT2D eigenvalue weighted by Gasteiger charge is 2.61. The lowest BCUT2D eigenvalue weighted by molar-refractivity contribution is -0.152. The number of methoxy groups -OCH3 is 1. The van der Waals surface area contributed by atoms with Crippen LogP contribution < -0.4 is 25.4 Å². The number of nitrogens with zero attached hydrogens (tertiary/aromatic N) is 1. The number of allylic oxidation sites excluding steroid dienone is 4. The number of ketones is 1. The second-order valence-electron chi connectivity index (χ2n) is 23.0. The average Bonchev–Trinajstić information content (AvgIpc) is 4.13. The summed E-state index contributed by atoms with van der Waals surface area (Å²) in [5.74, 6) is 6.42. The zero-order valence-electron chi connectivity index (χ0n) is 43.6. The van der Waals surface area contributed by atoms with E-state index in [2.05, 4.69) is 70.2 Å². The summed E-state index contributed by atoms with van der Waals surface area (Å²) in [4.78, 5) is 20.3. The molecule has 0 amide bonds. The number of ether oxygens (including phenoxy) is 3. The van der Waals surface area contributed by atoms with E-state index in [1.54, 1.807) is 20.2 Å². The van der Waals surface area contributed by atoms with Gasteiger partial charge in [0.2, 0.25) is 5.96 Å². The number of carbonyl (C=O) groups excluding carboxylic acids is 1. The van der Waals surface area contributed by atoms with Crippen molar-refractivity contribution in [1.29, 1.82) is 0 Å². The van der Waals surface area contributed by atoms with Crippen LogP contribution in [-0.4, -0.2) is 84.5 Å². The van der Waals surface area contributed by atoms with Gasteiger partial charge in [0.05, 0.1) is 18.9 Å². The Balaban J connectivity index is 1.17. The van der Waals surface area contributed by atoms with Crippen molar-refractivity contribution in [1.82, 2.24) is 10.6 Å². The molecule has 5 fully saturated rings. The van der Waals surface area contributed by atoms with Gasteiger partial charge in [0.1, 0.15) is 5.60 Å². The third kappa shape index (κ3) is 10.6. The first-order chi connectivity index (χ1) is 35.0. The van der Waals surface area contributed by atoms with Crippen molar-refractivity contribution in [2.75, 3.05) is 39.7 Å². The van der Waals surface area contributed by atoms with Crippen LogP contribution >= 0.6 is 0 Å². The first kappa shape index (κ1) is 52.3. The summed E-state index contributed by atoms with van der Waals surface area (Å²) in [7, 11) is 5.20. The molecule has 1 aliphatic heterocycles.